The van der Waals surface area contributed by atoms with Crippen LogP contribution in [0, 0.1) is 6.92 Å². The van der Waals surface area contributed by atoms with E-state index in [1.54, 1.807) is 12.3 Å². The molecule has 1 N–H and O–H groups in total. The van der Waals surface area contributed by atoms with E-state index in [9.17, 15) is 4.79 Å². The topological polar surface area (TPSA) is 102 Å². The molecule has 1 fully saturated rings. The van der Waals surface area contributed by atoms with E-state index >= 15 is 0 Å². The second-order valence-electron chi connectivity index (χ2n) is 7.85. The second-order valence-corrected chi connectivity index (χ2v) is 8.89. The summed E-state index contributed by atoms with van der Waals surface area (Å²) in [5.41, 5.74) is 3.14. The van der Waals surface area contributed by atoms with Crippen LogP contribution in [0.25, 0.3) is 10.2 Å². The third-order valence-electron chi connectivity index (χ3n) is 5.32. The molecule has 5 rings (SSSR count). The number of carbonyl (C=O) groups excluding carboxylic acids is 1. The number of hydrogen-bond acceptors (Lipinski definition) is 9. The van der Waals surface area contributed by atoms with Crippen molar-refractivity contribution in [2.75, 3.05) is 43.1 Å². The number of nitrogens with zero attached hydrogens (tertiary/aromatic N) is 5. The highest BCUT2D eigenvalue weighted by Gasteiger charge is 2.20. The van der Waals surface area contributed by atoms with Gasteiger partial charge in [-0.25, -0.2) is 9.97 Å². The predicted molar refractivity (Wildman–Crippen MR) is 131 cm³/mol. The van der Waals surface area contributed by atoms with E-state index in [0.717, 1.165) is 21.5 Å². The van der Waals surface area contributed by atoms with Gasteiger partial charge in [0.15, 0.2) is 5.13 Å². The van der Waals surface area contributed by atoms with Crippen molar-refractivity contribution in [1.82, 2.24) is 19.9 Å². The molecule has 1 saturated heterocycles. The maximum absolute atomic E-state index is 13.1. The van der Waals surface area contributed by atoms with E-state index in [1.807, 2.05) is 42.2 Å². The lowest BCUT2D eigenvalue weighted by Gasteiger charge is -2.27. The molecule has 10 heteroatoms. The lowest BCUT2D eigenvalue weighted by Crippen LogP contribution is -2.37. The molecule has 174 valence electrons. The van der Waals surface area contributed by atoms with Gasteiger partial charge in [0, 0.05) is 37.5 Å². The fraction of sp³-hybridized carbons (Fsp3) is 0.292. The molecular weight excluding hydrogens is 452 g/mol. The number of carbonyl (C=O) groups is 1. The first-order valence-corrected chi connectivity index (χ1v) is 11.9. The first-order valence-electron chi connectivity index (χ1n) is 11.1. The van der Waals surface area contributed by atoms with Gasteiger partial charge >= 0.3 is 0 Å². The van der Waals surface area contributed by atoms with Gasteiger partial charge in [-0.3, -0.25) is 15.1 Å². The molecular formula is C24H24N6O3S. The van der Waals surface area contributed by atoms with Gasteiger partial charge in [0.25, 0.3) is 5.91 Å². The third-order valence-corrected chi connectivity index (χ3v) is 6.25. The Balaban J connectivity index is 1.36. The Bertz CT molecular complexity index is 1290. The molecule has 1 amide bonds. The van der Waals surface area contributed by atoms with Crippen LogP contribution in [0.2, 0.25) is 0 Å². The zero-order chi connectivity index (χ0) is 23.3. The number of morpholine rings is 1. The summed E-state index contributed by atoms with van der Waals surface area (Å²) in [5.74, 6) is 0.434. The van der Waals surface area contributed by atoms with Crippen molar-refractivity contribution in [3.05, 3.63) is 65.6 Å². The smallest absolute Gasteiger partial charge is 0.276 e. The molecule has 0 aliphatic carbocycles. The fourth-order valence-electron chi connectivity index (χ4n) is 3.56. The number of thiazole rings is 1. The molecule has 9 nitrogen and oxygen atoms in total. The maximum atomic E-state index is 13.1. The highest BCUT2D eigenvalue weighted by atomic mass is 32.1. The Morgan fingerprint density at radius 3 is 2.85 bits per heavy atom. The summed E-state index contributed by atoms with van der Waals surface area (Å²) in [6.07, 6.45) is 2.38. The summed E-state index contributed by atoms with van der Waals surface area (Å²) >= 11 is 1.43. The Labute approximate surface area is 200 Å². The zero-order valence-electron chi connectivity index (χ0n) is 18.7. The van der Waals surface area contributed by atoms with Crippen molar-refractivity contribution in [3.8, 4) is 5.88 Å². The summed E-state index contributed by atoms with van der Waals surface area (Å²) in [6.45, 7) is 4.88. The molecule has 3 aromatic heterocycles. The Morgan fingerprint density at radius 2 is 2.03 bits per heavy atom. The van der Waals surface area contributed by atoms with Crippen LogP contribution in [0.5, 0.6) is 5.88 Å². The van der Waals surface area contributed by atoms with E-state index < -0.39 is 0 Å². The minimum atomic E-state index is -0.359. The number of pyridine rings is 1. The molecule has 34 heavy (non-hydrogen) atoms. The van der Waals surface area contributed by atoms with Crippen molar-refractivity contribution in [3.63, 3.8) is 0 Å². The van der Waals surface area contributed by atoms with Crippen LogP contribution in [-0.4, -0.2) is 58.8 Å². The van der Waals surface area contributed by atoms with Crippen LogP contribution in [0.15, 0.2) is 48.7 Å². The van der Waals surface area contributed by atoms with Crippen LogP contribution in [0.4, 0.5) is 11.1 Å². The summed E-state index contributed by atoms with van der Waals surface area (Å²) < 4.78 is 12.4. The van der Waals surface area contributed by atoms with Gasteiger partial charge in [-0.05, 0) is 36.8 Å². The number of hydrogen-bond donors (Lipinski definition) is 1. The van der Waals surface area contributed by atoms with Crippen molar-refractivity contribution < 1.29 is 14.3 Å². The van der Waals surface area contributed by atoms with Crippen molar-refractivity contribution in [1.29, 1.82) is 0 Å². The predicted octanol–water partition coefficient (Wildman–Crippen LogP) is 3.50. The highest BCUT2D eigenvalue weighted by molar-refractivity contribution is 7.22. The lowest BCUT2D eigenvalue weighted by molar-refractivity contribution is 0.102. The molecule has 0 unspecified atom stereocenters. The minimum Gasteiger partial charge on any atom is -0.477 e. The molecule has 0 saturated carbocycles. The van der Waals surface area contributed by atoms with Crippen molar-refractivity contribution >= 4 is 38.5 Å². The Kier molecular flexibility index (Phi) is 6.59. The van der Waals surface area contributed by atoms with Crippen molar-refractivity contribution in [2.45, 2.75) is 13.3 Å². The van der Waals surface area contributed by atoms with Crippen LogP contribution in [-0.2, 0) is 11.2 Å². The van der Waals surface area contributed by atoms with E-state index in [1.165, 1.54) is 11.3 Å². The highest BCUT2D eigenvalue weighted by Crippen LogP contribution is 2.27. The van der Waals surface area contributed by atoms with Gasteiger partial charge in [0.1, 0.15) is 5.69 Å². The standard InChI is InChI=1S/C24H24N6O3S/c1-16-5-6-18-20(14-16)34-24(27-18)29-22(31)19-15-21(33-11-7-17-4-2-3-8-25-17)28-23(26-19)30-9-12-32-13-10-30/h2-6,8,14-15H,7,9-13H2,1H3,(H,27,29,31). The normalized spacial score (nSPS) is 13.7. The van der Waals surface area contributed by atoms with Crippen LogP contribution in [0.3, 0.4) is 0 Å². The number of aromatic nitrogens is 4. The maximum Gasteiger partial charge on any atom is 0.276 e. The average Bonchev–Trinajstić information content (AvgIpc) is 3.26. The largest absolute Gasteiger partial charge is 0.477 e. The van der Waals surface area contributed by atoms with Gasteiger partial charge in [-0.1, -0.05) is 23.5 Å². The van der Waals surface area contributed by atoms with Crippen LogP contribution in [0.1, 0.15) is 21.7 Å². The molecule has 1 aliphatic heterocycles. The molecule has 0 spiro atoms. The molecule has 1 aromatic carbocycles. The molecule has 0 bridgehead atoms. The quantitative estimate of drug-likeness (QED) is 0.432. The number of nitrogens with one attached hydrogen (secondary N) is 1. The summed E-state index contributed by atoms with van der Waals surface area (Å²) in [5, 5.41) is 3.40. The van der Waals surface area contributed by atoms with E-state index in [2.05, 4.69) is 31.3 Å². The molecule has 4 aromatic rings. The number of anilines is 2. The molecule has 0 atom stereocenters. The molecule has 0 radical (unpaired) electrons. The number of ether oxygens (including phenoxy) is 2. The number of fused-ring (bicyclic) bond motifs is 1. The second kappa shape index (κ2) is 10.1. The Hall–Kier alpha value is -3.63. The van der Waals surface area contributed by atoms with Crippen LogP contribution < -0.4 is 15.0 Å². The molecule has 1 aliphatic rings. The monoisotopic (exact) mass is 476 g/mol. The summed E-state index contributed by atoms with van der Waals surface area (Å²) in [4.78, 5) is 33.0. The lowest BCUT2D eigenvalue weighted by atomic mass is 10.2. The Morgan fingerprint density at radius 1 is 1.15 bits per heavy atom. The first-order chi connectivity index (χ1) is 16.6. The van der Waals surface area contributed by atoms with Crippen molar-refractivity contribution in [2.24, 2.45) is 0 Å². The number of rotatable bonds is 7. The van der Waals surface area contributed by atoms with E-state index in [0.29, 0.717) is 56.3 Å². The average molecular weight is 477 g/mol. The number of amides is 1. The molecule has 4 heterocycles. The number of benzene rings is 1. The van der Waals surface area contributed by atoms with Crippen LogP contribution >= 0.6 is 11.3 Å². The van der Waals surface area contributed by atoms with Gasteiger partial charge in [0.2, 0.25) is 11.8 Å². The van der Waals surface area contributed by atoms with Gasteiger partial charge in [-0.15, -0.1) is 0 Å². The van der Waals surface area contributed by atoms with Gasteiger partial charge in [-0.2, -0.15) is 4.98 Å². The minimum absolute atomic E-state index is 0.222. The third kappa shape index (κ3) is 5.29. The number of aryl methyl sites for hydroxylation is 1. The van der Waals surface area contributed by atoms with E-state index in [-0.39, 0.29) is 11.6 Å². The van der Waals surface area contributed by atoms with E-state index in [4.69, 9.17) is 9.47 Å². The fourth-order valence-corrected chi connectivity index (χ4v) is 4.52. The zero-order valence-corrected chi connectivity index (χ0v) is 19.5. The van der Waals surface area contributed by atoms with Gasteiger partial charge < -0.3 is 14.4 Å². The summed E-state index contributed by atoms with van der Waals surface area (Å²) in [6, 6.07) is 13.3. The first kappa shape index (κ1) is 22.2. The SMILES string of the molecule is Cc1ccc2nc(NC(=O)c3cc(OCCc4ccccn4)nc(N4CCOCC4)n3)sc2c1. The summed E-state index contributed by atoms with van der Waals surface area (Å²) in [7, 11) is 0. The van der Waals surface area contributed by atoms with Gasteiger partial charge in [0.05, 0.1) is 30.0 Å².